The smallest absolute Gasteiger partial charge is 0.120 e. The summed E-state index contributed by atoms with van der Waals surface area (Å²) in [7, 11) is 2.15. The molecule has 1 aliphatic heterocycles. The minimum absolute atomic E-state index is 0.265. The van der Waals surface area contributed by atoms with Gasteiger partial charge in [0.2, 0.25) is 0 Å². The highest BCUT2D eigenvalue weighted by molar-refractivity contribution is 5.34. The van der Waals surface area contributed by atoms with Crippen LogP contribution in [0.3, 0.4) is 0 Å². The number of phenolic OH excluding ortho intramolecular Hbond substituents is 1. The molecule has 3 nitrogen and oxygen atoms in total. The van der Waals surface area contributed by atoms with E-state index in [1.54, 1.807) is 6.07 Å². The van der Waals surface area contributed by atoms with E-state index in [1.807, 2.05) is 18.2 Å². The van der Waals surface area contributed by atoms with E-state index in [0.717, 1.165) is 31.1 Å². The van der Waals surface area contributed by atoms with Crippen molar-refractivity contribution >= 4 is 0 Å². The molecule has 0 saturated carbocycles. The van der Waals surface area contributed by atoms with Crippen molar-refractivity contribution in [2.45, 2.75) is 25.8 Å². The van der Waals surface area contributed by atoms with Gasteiger partial charge < -0.3 is 10.4 Å². The van der Waals surface area contributed by atoms with Crippen LogP contribution in [0.15, 0.2) is 24.3 Å². The van der Waals surface area contributed by atoms with Gasteiger partial charge in [0.25, 0.3) is 0 Å². The third-order valence-electron chi connectivity index (χ3n) is 4.05. The molecule has 1 aromatic carbocycles. The highest BCUT2D eigenvalue weighted by atomic mass is 16.3. The molecule has 1 unspecified atom stereocenters. The second-order valence-electron chi connectivity index (χ2n) is 5.37. The van der Waals surface area contributed by atoms with Crippen molar-refractivity contribution in [1.29, 1.82) is 0 Å². The molecule has 0 aromatic heterocycles. The summed E-state index contributed by atoms with van der Waals surface area (Å²) in [6.07, 6.45) is 2.52. The lowest BCUT2D eigenvalue weighted by Crippen LogP contribution is -2.35. The first kappa shape index (κ1) is 13.4. The largest absolute Gasteiger partial charge is 0.508 e. The van der Waals surface area contributed by atoms with Gasteiger partial charge in [0.15, 0.2) is 0 Å². The molecule has 2 N–H and O–H groups in total. The zero-order valence-corrected chi connectivity index (χ0v) is 11.4. The van der Waals surface area contributed by atoms with Crippen molar-refractivity contribution in [3.8, 4) is 5.75 Å². The van der Waals surface area contributed by atoms with E-state index in [1.165, 1.54) is 12.8 Å². The summed E-state index contributed by atoms with van der Waals surface area (Å²) in [6, 6.07) is 7.91. The highest BCUT2D eigenvalue weighted by Crippen LogP contribution is 2.28. The summed E-state index contributed by atoms with van der Waals surface area (Å²) in [5.41, 5.74) is 1.02. The zero-order chi connectivity index (χ0) is 13.0. The molecule has 0 spiro atoms. The van der Waals surface area contributed by atoms with Crippen LogP contribution in [0.5, 0.6) is 5.75 Å². The van der Waals surface area contributed by atoms with Crippen LogP contribution in [0.25, 0.3) is 0 Å². The third kappa shape index (κ3) is 3.24. The minimum atomic E-state index is 0.265. The number of aromatic hydroxyl groups is 1. The van der Waals surface area contributed by atoms with Crippen molar-refractivity contribution in [1.82, 2.24) is 10.2 Å². The molecule has 1 aliphatic rings. The highest BCUT2D eigenvalue weighted by Gasteiger charge is 2.20. The zero-order valence-electron chi connectivity index (χ0n) is 11.4. The van der Waals surface area contributed by atoms with Gasteiger partial charge in [-0.15, -0.1) is 0 Å². The maximum absolute atomic E-state index is 9.90. The van der Waals surface area contributed by atoms with Gasteiger partial charge in [-0.2, -0.15) is 0 Å². The number of benzene rings is 1. The van der Waals surface area contributed by atoms with E-state index >= 15 is 0 Å². The van der Waals surface area contributed by atoms with Crippen molar-refractivity contribution in [3.63, 3.8) is 0 Å². The Bertz CT molecular complexity index is 375. The summed E-state index contributed by atoms with van der Waals surface area (Å²) in [5, 5.41) is 13.3. The van der Waals surface area contributed by atoms with Crippen molar-refractivity contribution in [3.05, 3.63) is 29.8 Å². The first-order chi connectivity index (χ1) is 8.68. The molecule has 1 aromatic rings. The molecule has 0 bridgehead atoms. The van der Waals surface area contributed by atoms with E-state index in [0.29, 0.717) is 5.75 Å². The van der Waals surface area contributed by atoms with Gasteiger partial charge in [0, 0.05) is 18.2 Å². The maximum Gasteiger partial charge on any atom is 0.120 e. The Morgan fingerprint density at radius 3 is 2.67 bits per heavy atom. The monoisotopic (exact) mass is 248 g/mol. The minimum Gasteiger partial charge on any atom is -0.508 e. The van der Waals surface area contributed by atoms with Crippen molar-refractivity contribution in [2.75, 3.05) is 26.7 Å². The van der Waals surface area contributed by atoms with Gasteiger partial charge in [-0.25, -0.2) is 0 Å². The molecular formula is C15H24N2O. The Kier molecular flexibility index (Phi) is 4.61. The number of piperidine rings is 1. The molecule has 1 fully saturated rings. The molecule has 0 amide bonds. The second kappa shape index (κ2) is 6.21. The van der Waals surface area contributed by atoms with Gasteiger partial charge in [-0.05, 0) is 51.9 Å². The number of nitrogens with one attached hydrogen (secondary N) is 1. The fraction of sp³-hybridized carbons (Fsp3) is 0.600. The molecule has 3 heteroatoms. The molecule has 2 rings (SSSR count). The number of hydrogen-bond acceptors (Lipinski definition) is 3. The normalized spacial score (nSPS) is 19.1. The predicted molar refractivity (Wildman–Crippen MR) is 74.7 cm³/mol. The van der Waals surface area contributed by atoms with Crippen LogP contribution in [0.4, 0.5) is 0 Å². The lowest BCUT2D eigenvalue weighted by molar-refractivity contribution is 0.194. The molecule has 1 saturated heterocycles. The van der Waals surface area contributed by atoms with E-state index in [9.17, 15) is 5.11 Å². The third-order valence-corrected chi connectivity index (χ3v) is 4.05. The quantitative estimate of drug-likeness (QED) is 0.859. The Morgan fingerprint density at radius 1 is 1.33 bits per heavy atom. The number of phenols is 1. The van der Waals surface area contributed by atoms with E-state index in [4.69, 9.17) is 0 Å². The topological polar surface area (TPSA) is 35.5 Å². The second-order valence-corrected chi connectivity index (χ2v) is 5.37. The molecule has 1 heterocycles. The molecule has 1 atom stereocenters. The van der Waals surface area contributed by atoms with Crippen LogP contribution in [-0.4, -0.2) is 36.7 Å². The number of hydrogen-bond donors (Lipinski definition) is 2. The fourth-order valence-corrected chi connectivity index (χ4v) is 2.71. The molecular weight excluding hydrogens is 224 g/mol. The summed E-state index contributed by atoms with van der Waals surface area (Å²) in [4.78, 5) is 2.35. The predicted octanol–water partition coefficient (Wildman–Crippen LogP) is 2.38. The Hall–Kier alpha value is -1.06. The maximum atomic E-state index is 9.90. The van der Waals surface area contributed by atoms with Crippen LogP contribution in [0, 0.1) is 5.92 Å². The molecule has 0 aliphatic carbocycles. The molecule has 18 heavy (non-hydrogen) atoms. The van der Waals surface area contributed by atoms with Gasteiger partial charge in [-0.3, -0.25) is 4.90 Å². The standard InChI is InChI=1S/C15H24N2O/c1-12(14-5-3-4-6-15(14)18)17(2)11-13-7-9-16-10-8-13/h3-6,12-13,16,18H,7-11H2,1-2H3. The van der Waals surface area contributed by atoms with Gasteiger partial charge in [0.1, 0.15) is 5.75 Å². The van der Waals surface area contributed by atoms with Gasteiger partial charge in [0.05, 0.1) is 0 Å². The van der Waals surface area contributed by atoms with Crippen LogP contribution in [-0.2, 0) is 0 Å². The SMILES string of the molecule is CC(c1ccccc1O)N(C)CC1CCNCC1. The summed E-state index contributed by atoms with van der Waals surface area (Å²) >= 11 is 0. The van der Waals surface area contributed by atoms with Crippen LogP contribution in [0.2, 0.25) is 0 Å². The number of nitrogens with zero attached hydrogens (tertiary/aromatic N) is 1. The summed E-state index contributed by atoms with van der Waals surface area (Å²) in [5.74, 6) is 1.19. The Labute approximate surface area is 110 Å². The number of para-hydroxylation sites is 1. The van der Waals surface area contributed by atoms with Gasteiger partial charge >= 0.3 is 0 Å². The summed E-state index contributed by atoms with van der Waals surface area (Å²) < 4.78 is 0. The molecule has 100 valence electrons. The fourth-order valence-electron chi connectivity index (χ4n) is 2.71. The van der Waals surface area contributed by atoms with Crippen LogP contribution < -0.4 is 5.32 Å². The first-order valence-electron chi connectivity index (χ1n) is 6.87. The Morgan fingerprint density at radius 2 is 2.00 bits per heavy atom. The average molecular weight is 248 g/mol. The van der Waals surface area contributed by atoms with E-state index in [-0.39, 0.29) is 6.04 Å². The average Bonchev–Trinajstić information content (AvgIpc) is 2.39. The number of rotatable bonds is 4. The van der Waals surface area contributed by atoms with Crippen molar-refractivity contribution < 1.29 is 5.11 Å². The molecule has 0 radical (unpaired) electrons. The van der Waals surface area contributed by atoms with E-state index < -0.39 is 0 Å². The van der Waals surface area contributed by atoms with Gasteiger partial charge in [-0.1, -0.05) is 18.2 Å². The van der Waals surface area contributed by atoms with E-state index in [2.05, 4.69) is 24.2 Å². The van der Waals surface area contributed by atoms with Crippen LogP contribution in [0.1, 0.15) is 31.4 Å². The lowest BCUT2D eigenvalue weighted by Gasteiger charge is -2.31. The Balaban J connectivity index is 1.95. The van der Waals surface area contributed by atoms with Crippen molar-refractivity contribution in [2.24, 2.45) is 5.92 Å². The lowest BCUT2D eigenvalue weighted by atomic mass is 9.96. The first-order valence-corrected chi connectivity index (χ1v) is 6.87. The van der Waals surface area contributed by atoms with Crippen LogP contribution >= 0.6 is 0 Å². The summed E-state index contributed by atoms with van der Waals surface area (Å²) in [6.45, 7) is 5.56.